The van der Waals surface area contributed by atoms with Gasteiger partial charge in [-0.05, 0) is 38.5 Å². The molecule has 1 N–H and O–H groups in total. The fourth-order valence-corrected chi connectivity index (χ4v) is 5.66. The number of aromatic nitrogens is 2. The average molecular weight is 499 g/mol. The molecule has 1 fully saturated rings. The molecule has 0 radical (unpaired) electrons. The maximum atomic E-state index is 13.6. The van der Waals surface area contributed by atoms with Gasteiger partial charge in [0.25, 0.3) is 5.56 Å². The summed E-state index contributed by atoms with van der Waals surface area (Å²) in [4.78, 5) is 21.8. The van der Waals surface area contributed by atoms with Crippen molar-refractivity contribution in [3.8, 4) is 0 Å². The van der Waals surface area contributed by atoms with Gasteiger partial charge in [0, 0.05) is 44.3 Å². The van der Waals surface area contributed by atoms with Crippen LogP contribution in [0.4, 0.5) is 23.2 Å². The molecule has 0 aliphatic carbocycles. The highest BCUT2D eigenvalue weighted by atomic mass is 32.1. The monoisotopic (exact) mass is 498 g/mol. The number of thiazole rings is 1. The van der Waals surface area contributed by atoms with Gasteiger partial charge in [-0.15, -0.1) is 0 Å². The summed E-state index contributed by atoms with van der Waals surface area (Å²) in [6, 6.07) is 3.45. The molecule has 0 saturated carbocycles. The second kappa shape index (κ2) is 8.94. The quantitative estimate of drug-likeness (QED) is 0.544. The number of halogens is 4. The summed E-state index contributed by atoms with van der Waals surface area (Å²) in [5.74, 6) is -0.922. The summed E-state index contributed by atoms with van der Waals surface area (Å²) >= 11 is 1.25. The van der Waals surface area contributed by atoms with E-state index in [-0.39, 0.29) is 29.8 Å². The number of hydrogen-bond acceptors (Lipinski definition) is 6. The van der Waals surface area contributed by atoms with Gasteiger partial charge in [0.1, 0.15) is 21.2 Å². The summed E-state index contributed by atoms with van der Waals surface area (Å²) in [5, 5.41) is 10.0. The molecule has 11 heteroatoms. The number of piperazine rings is 1. The van der Waals surface area contributed by atoms with Crippen LogP contribution in [0.2, 0.25) is 0 Å². The van der Waals surface area contributed by atoms with Crippen molar-refractivity contribution in [3.63, 3.8) is 0 Å². The van der Waals surface area contributed by atoms with E-state index in [1.165, 1.54) is 28.0 Å². The number of alkyl halides is 3. The van der Waals surface area contributed by atoms with Crippen LogP contribution in [-0.4, -0.2) is 44.7 Å². The smallest absolute Gasteiger partial charge is 0.389 e. The lowest BCUT2D eigenvalue weighted by molar-refractivity contribution is -0.139. The van der Waals surface area contributed by atoms with Crippen LogP contribution in [0.1, 0.15) is 42.9 Å². The van der Waals surface area contributed by atoms with E-state index in [0.29, 0.717) is 40.2 Å². The van der Waals surface area contributed by atoms with Crippen molar-refractivity contribution in [1.29, 1.82) is 0 Å². The second-order valence-electron chi connectivity index (χ2n) is 8.80. The molecule has 2 aromatic heterocycles. The standard InChI is InChI=1S/C23H26F4N4O2S/c1-12-10-31(18-8-20(33)29(4)22-21(18)28-19(11-32)34-22)13(2)9-30(12)14(3)16-6-5-15(24)7-17(16)23(25,26)27/h5-8,12-14,32H,9-11H2,1-4H3/t12-,13+,14?/m1/s1. The predicted molar refractivity (Wildman–Crippen MR) is 124 cm³/mol. The maximum absolute atomic E-state index is 13.6. The van der Waals surface area contributed by atoms with Crippen molar-refractivity contribution in [1.82, 2.24) is 14.5 Å². The SMILES string of the molecule is CC(c1ccc(F)cc1C(F)(F)F)N1C[C@H](C)N(c2cc(=O)n(C)c3sc(CO)nc23)C[C@H]1C. The third-order valence-corrected chi connectivity index (χ3v) is 7.66. The van der Waals surface area contributed by atoms with Crippen LogP contribution in [0.25, 0.3) is 10.3 Å². The second-order valence-corrected chi connectivity index (χ2v) is 9.86. The van der Waals surface area contributed by atoms with Crippen LogP contribution in [0.3, 0.4) is 0 Å². The highest BCUT2D eigenvalue weighted by Gasteiger charge is 2.39. The fourth-order valence-electron chi connectivity index (χ4n) is 4.76. The van der Waals surface area contributed by atoms with E-state index < -0.39 is 23.6 Å². The number of pyridine rings is 1. The minimum absolute atomic E-state index is 0.0319. The molecule has 0 spiro atoms. The predicted octanol–water partition coefficient (Wildman–Crippen LogP) is 4.31. The van der Waals surface area contributed by atoms with Gasteiger partial charge >= 0.3 is 6.18 Å². The minimum atomic E-state index is -4.66. The Morgan fingerprint density at radius 3 is 2.56 bits per heavy atom. The highest BCUT2D eigenvalue weighted by molar-refractivity contribution is 7.18. The van der Waals surface area contributed by atoms with Gasteiger partial charge in [0.2, 0.25) is 0 Å². The zero-order chi connectivity index (χ0) is 24.9. The van der Waals surface area contributed by atoms with Gasteiger partial charge in [0.15, 0.2) is 0 Å². The summed E-state index contributed by atoms with van der Waals surface area (Å²) < 4.78 is 55.9. The Morgan fingerprint density at radius 2 is 1.91 bits per heavy atom. The van der Waals surface area contributed by atoms with Crippen LogP contribution in [0.15, 0.2) is 29.1 Å². The molecule has 0 amide bonds. The number of anilines is 1. The first-order valence-corrected chi connectivity index (χ1v) is 11.7. The van der Waals surface area contributed by atoms with Crippen molar-refractivity contribution in [2.24, 2.45) is 7.05 Å². The molecule has 1 unspecified atom stereocenters. The largest absolute Gasteiger partial charge is 0.416 e. The Morgan fingerprint density at radius 1 is 1.21 bits per heavy atom. The normalized spacial score (nSPS) is 20.8. The van der Waals surface area contributed by atoms with Crippen LogP contribution in [-0.2, 0) is 19.8 Å². The first-order chi connectivity index (χ1) is 15.9. The van der Waals surface area contributed by atoms with Crippen LogP contribution >= 0.6 is 11.3 Å². The summed E-state index contributed by atoms with van der Waals surface area (Å²) in [5.41, 5.74) is 0.138. The number of rotatable bonds is 4. The molecular weight excluding hydrogens is 472 g/mol. The number of nitrogens with zero attached hydrogens (tertiary/aromatic N) is 4. The van der Waals surface area contributed by atoms with Crippen molar-refractivity contribution in [2.45, 2.75) is 51.7 Å². The average Bonchev–Trinajstić information content (AvgIpc) is 3.21. The molecular formula is C23H26F4N4O2S. The van der Waals surface area contributed by atoms with Crippen molar-refractivity contribution < 1.29 is 22.7 Å². The van der Waals surface area contributed by atoms with E-state index in [0.717, 1.165) is 6.07 Å². The Labute approximate surface area is 198 Å². The van der Waals surface area contributed by atoms with E-state index in [4.69, 9.17) is 0 Å². The molecule has 34 heavy (non-hydrogen) atoms. The lowest BCUT2D eigenvalue weighted by atomic mass is 9.96. The number of aryl methyl sites for hydroxylation is 1. The van der Waals surface area contributed by atoms with Crippen LogP contribution in [0, 0.1) is 5.82 Å². The van der Waals surface area contributed by atoms with Gasteiger partial charge in [-0.2, -0.15) is 13.2 Å². The molecule has 1 aliphatic heterocycles. The lowest BCUT2D eigenvalue weighted by Crippen LogP contribution is -2.57. The Bertz CT molecular complexity index is 1270. The Balaban J connectivity index is 1.68. The van der Waals surface area contributed by atoms with Crippen LogP contribution < -0.4 is 10.5 Å². The Kier molecular flexibility index (Phi) is 6.47. The zero-order valence-electron chi connectivity index (χ0n) is 19.2. The molecule has 1 saturated heterocycles. The molecule has 3 aromatic rings. The van der Waals surface area contributed by atoms with Gasteiger partial charge in [-0.3, -0.25) is 9.69 Å². The van der Waals surface area contributed by atoms with Gasteiger partial charge < -0.3 is 14.6 Å². The molecule has 1 aliphatic rings. The van der Waals surface area contributed by atoms with E-state index in [1.54, 1.807) is 14.0 Å². The van der Waals surface area contributed by atoms with E-state index in [1.807, 2.05) is 23.6 Å². The topological polar surface area (TPSA) is 61.6 Å². The highest BCUT2D eigenvalue weighted by Crippen LogP contribution is 2.39. The van der Waals surface area contributed by atoms with Gasteiger partial charge in [-0.25, -0.2) is 9.37 Å². The summed E-state index contributed by atoms with van der Waals surface area (Å²) in [6.45, 7) is 6.23. The molecule has 4 rings (SSSR count). The third-order valence-electron chi connectivity index (χ3n) is 6.54. The zero-order valence-corrected chi connectivity index (χ0v) is 20.0. The van der Waals surface area contributed by atoms with Gasteiger partial charge in [-0.1, -0.05) is 17.4 Å². The maximum Gasteiger partial charge on any atom is 0.416 e. The minimum Gasteiger partial charge on any atom is -0.389 e. The van der Waals surface area contributed by atoms with Gasteiger partial charge in [0.05, 0.1) is 17.9 Å². The molecule has 1 aromatic carbocycles. The van der Waals surface area contributed by atoms with E-state index >= 15 is 0 Å². The lowest BCUT2D eigenvalue weighted by Gasteiger charge is -2.48. The molecule has 0 bridgehead atoms. The molecule has 3 heterocycles. The molecule has 184 valence electrons. The van der Waals surface area contributed by atoms with Crippen molar-refractivity contribution in [2.75, 3.05) is 18.0 Å². The Hall–Kier alpha value is -2.50. The molecule has 3 atom stereocenters. The van der Waals surface area contributed by atoms with Crippen molar-refractivity contribution >= 4 is 27.4 Å². The van der Waals surface area contributed by atoms with E-state index in [9.17, 15) is 27.5 Å². The van der Waals surface area contributed by atoms with Crippen LogP contribution in [0.5, 0.6) is 0 Å². The fraction of sp³-hybridized carbons (Fsp3) is 0.478. The molecule has 6 nitrogen and oxygen atoms in total. The summed E-state index contributed by atoms with van der Waals surface area (Å²) in [7, 11) is 1.65. The number of aliphatic hydroxyl groups excluding tert-OH is 1. The summed E-state index contributed by atoms with van der Waals surface area (Å²) in [6.07, 6.45) is -4.66. The number of aliphatic hydroxyl groups is 1. The first kappa shape index (κ1) is 24.6. The number of hydrogen-bond donors (Lipinski definition) is 1. The number of benzene rings is 1. The first-order valence-electron chi connectivity index (χ1n) is 10.9. The third kappa shape index (κ3) is 4.32. The number of fused-ring (bicyclic) bond motifs is 1. The van der Waals surface area contributed by atoms with Crippen molar-refractivity contribution in [3.05, 3.63) is 56.6 Å². The van der Waals surface area contributed by atoms with E-state index in [2.05, 4.69) is 4.98 Å².